The van der Waals surface area contributed by atoms with Gasteiger partial charge in [-0.15, -0.1) is 12.4 Å². The molecule has 0 saturated carbocycles. The van der Waals surface area contributed by atoms with Crippen LogP contribution in [0.3, 0.4) is 0 Å². The van der Waals surface area contributed by atoms with Crippen molar-refractivity contribution in [2.45, 2.75) is 58.1 Å². The van der Waals surface area contributed by atoms with E-state index in [4.69, 9.17) is 4.74 Å². The van der Waals surface area contributed by atoms with Gasteiger partial charge in [-0.25, -0.2) is 0 Å². The first-order chi connectivity index (χ1) is 9.25. The molecule has 1 saturated heterocycles. The molecule has 0 spiro atoms. The summed E-state index contributed by atoms with van der Waals surface area (Å²) in [7, 11) is 0. The predicted molar refractivity (Wildman–Crippen MR) is 87.7 cm³/mol. The highest BCUT2D eigenvalue weighted by Crippen LogP contribution is 2.15. The van der Waals surface area contributed by atoms with Crippen LogP contribution in [0.15, 0.2) is 24.3 Å². The van der Waals surface area contributed by atoms with Crippen molar-refractivity contribution in [3.63, 3.8) is 0 Å². The molecule has 0 aromatic heterocycles. The summed E-state index contributed by atoms with van der Waals surface area (Å²) >= 11 is 0. The van der Waals surface area contributed by atoms with E-state index in [1.54, 1.807) is 0 Å². The number of nitrogens with one attached hydrogen (secondary N) is 1. The highest BCUT2D eigenvalue weighted by molar-refractivity contribution is 5.85. The van der Waals surface area contributed by atoms with Gasteiger partial charge in [0.2, 0.25) is 0 Å². The standard InChI is InChI=1S/C17H27NO.ClH/c1-14(2)16-8-6-15(7-9-16)13-19-12-10-17-5-3-4-11-18-17;/h6-9,14,17-18H,3-5,10-13H2,1-2H3;1H. The van der Waals surface area contributed by atoms with Crippen LogP contribution in [0.1, 0.15) is 56.6 Å². The average molecular weight is 298 g/mol. The third-order valence-electron chi connectivity index (χ3n) is 3.94. The minimum atomic E-state index is 0. The lowest BCUT2D eigenvalue weighted by atomic mass is 10.0. The maximum Gasteiger partial charge on any atom is 0.0716 e. The Balaban J connectivity index is 0.00000200. The summed E-state index contributed by atoms with van der Waals surface area (Å²) in [4.78, 5) is 0. The number of hydrogen-bond donors (Lipinski definition) is 1. The fourth-order valence-electron chi connectivity index (χ4n) is 2.58. The monoisotopic (exact) mass is 297 g/mol. The SMILES string of the molecule is CC(C)c1ccc(COCCC2CCCCN2)cc1.Cl. The average Bonchev–Trinajstić information content (AvgIpc) is 2.45. The summed E-state index contributed by atoms with van der Waals surface area (Å²) in [6.45, 7) is 7.24. The van der Waals surface area contributed by atoms with Crippen LogP contribution in [0, 0.1) is 0 Å². The minimum absolute atomic E-state index is 0. The third kappa shape index (κ3) is 5.82. The van der Waals surface area contributed by atoms with Crippen LogP contribution < -0.4 is 5.32 Å². The molecule has 0 aliphatic carbocycles. The van der Waals surface area contributed by atoms with Gasteiger partial charge in [-0.05, 0) is 42.9 Å². The van der Waals surface area contributed by atoms with Crippen LogP contribution in [-0.4, -0.2) is 19.2 Å². The summed E-state index contributed by atoms with van der Waals surface area (Å²) < 4.78 is 5.78. The molecule has 1 aliphatic rings. The Hall–Kier alpha value is -0.570. The molecular weight excluding hydrogens is 270 g/mol. The summed E-state index contributed by atoms with van der Waals surface area (Å²) in [5.74, 6) is 0.604. The Bertz CT molecular complexity index is 358. The van der Waals surface area contributed by atoms with Crippen LogP contribution in [0.2, 0.25) is 0 Å². The second-order valence-electron chi connectivity index (χ2n) is 5.88. The van der Waals surface area contributed by atoms with E-state index in [1.165, 1.54) is 36.9 Å². The van der Waals surface area contributed by atoms with Crippen LogP contribution in [-0.2, 0) is 11.3 Å². The van der Waals surface area contributed by atoms with Gasteiger partial charge in [0.05, 0.1) is 6.61 Å². The van der Waals surface area contributed by atoms with Gasteiger partial charge in [-0.2, -0.15) is 0 Å². The molecule has 3 heteroatoms. The normalized spacial score (nSPS) is 18.9. The fourth-order valence-corrected chi connectivity index (χ4v) is 2.58. The number of benzene rings is 1. The predicted octanol–water partition coefficient (Wildman–Crippen LogP) is 4.28. The highest BCUT2D eigenvalue weighted by atomic mass is 35.5. The zero-order valence-electron chi connectivity index (χ0n) is 12.7. The summed E-state index contributed by atoms with van der Waals surface area (Å²) in [5, 5.41) is 3.56. The van der Waals surface area contributed by atoms with Gasteiger partial charge >= 0.3 is 0 Å². The maximum absolute atomic E-state index is 5.78. The molecule has 114 valence electrons. The van der Waals surface area contributed by atoms with Gasteiger partial charge in [0, 0.05) is 12.6 Å². The molecule has 1 heterocycles. The van der Waals surface area contributed by atoms with E-state index < -0.39 is 0 Å². The fraction of sp³-hybridized carbons (Fsp3) is 0.647. The van der Waals surface area contributed by atoms with Gasteiger partial charge in [-0.1, -0.05) is 44.5 Å². The number of halogens is 1. The number of rotatable bonds is 6. The molecule has 1 aromatic rings. The smallest absolute Gasteiger partial charge is 0.0716 e. The third-order valence-corrected chi connectivity index (χ3v) is 3.94. The van der Waals surface area contributed by atoms with Crippen molar-refractivity contribution in [2.24, 2.45) is 0 Å². The van der Waals surface area contributed by atoms with Crippen LogP contribution in [0.5, 0.6) is 0 Å². The van der Waals surface area contributed by atoms with Crippen molar-refractivity contribution in [2.75, 3.05) is 13.2 Å². The lowest BCUT2D eigenvalue weighted by molar-refractivity contribution is 0.108. The zero-order valence-corrected chi connectivity index (χ0v) is 13.5. The first kappa shape index (κ1) is 17.5. The Morgan fingerprint density at radius 1 is 1.20 bits per heavy atom. The van der Waals surface area contributed by atoms with Crippen LogP contribution in [0.25, 0.3) is 0 Å². The molecule has 20 heavy (non-hydrogen) atoms. The first-order valence-electron chi connectivity index (χ1n) is 7.65. The summed E-state index contributed by atoms with van der Waals surface area (Å²) in [6, 6.07) is 9.48. The van der Waals surface area contributed by atoms with Gasteiger partial charge in [-0.3, -0.25) is 0 Å². The molecule has 2 rings (SSSR count). The Morgan fingerprint density at radius 3 is 2.55 bits per heavy atom. The first-order valence-corrected chi connectivity index (χ1v) is 7.65. The molecule has 2 nitrogen and oxygen atoms in total. The van der Waals surface area contributed by atoms with Crippen molar-refractivity contribution < 1.29 is 4.74 Å². The number of ether oxygens (including phenoxy) is 1. The van der Waals surface area contributed by atoms with Gasteiger partial charge in [0.15, 0.2) is 0 Å². The highest BCUT2D eigenvalue weighted by Gasteiger charge is 2.11. The Kier molecular flexibility index (Phi) is 8.20. The van der Waals surface area contributed by atoms with E-state index in [0.717, 1.165) is 19.6 Å². The van der Waals surface area contributed by atoms with E-state index in [9.17, 15) is 0 Å². The van der Waals surface area contributed by atoms with Crippen LogP contribution in [0.4, 0.5) is 0 Å². The quantitative estimate of drug-likeness (QED) is 0.791. The van der Waals surface area contributed by atoms with Crippen molar-refractivity contribution in [3.8, 4) is 0 Å². The van der Waals surface area contributed by atoms with Crippen molar-refractivity contribution in [3.05, 3.63) is 35.4 Å². The molecule has 1 aliphatic heterocycles. The van der Waals surface area contributed by atoms with E-state index in [-0.39, 0.29) is 12.4 Å². The summed E-state index contributed by atoms with van der Waals surface area (Å²) in [5.41, 5.74) is 2.68. The molecule has 1 fully saturated rings. The van der Waals surface area contributed by atoms with E-state index >= 15 is 0 Å². The maximum atomic E-state index is 5.78. The minimum Gasteiger partial charge on any atom is -0.377 e. The molecule has 1 aromatic carbocycles. The molecular formula is C17H28ClNO. The van der Waals surface area contributed by atoms with Crippen molar-refractivity contribution >= 4 is 12.4 Å². The summed E-state index contributed by atoms with van der Waals surface area (Å²) in [6.07, 6.45) is 5.16. The van der Waals surface area contributed by atoms with Crippen molar-refractivity contribution in [1.82, 2.24) is 5.32 Å². The van der Waals surface area contributed by atoms with Gasteiger partial charge in [0.25, 0.3) is 0 Å². The molecule has 0 amide bonds. The zero-order chi connectivity index (χ0) is 13.5. The molecule has 0 radical (unpaired) electrons. The van der Waals surface area contributed by atoms with E-state index in [0.29, 0.717) is 12.0 Å². The number of hydrogen-bond acceptors (Lipinski definition) is 2. The van der Waals surface area contributed by atoms with E-state index in [2.05, 4.69) is 43.4 Å². The molecule has 0 bridgehead atoms. The van der Waals surface area contributed by atoms with Crippen LogP contribution >= 0.6 is 12.4 Å². The van der Waals surface area contributed by atoms with Gasteiger partial charge in [0.1, 0.15) is 0 Å². The van der Waals surface area contributed by atoms with Crippen molar-refractivity contribution in [1.29, 1.82) is 0 Å². The molecule has 1 N–H and O–H groups in total. The number of piperidine rings is 1. The Morgan fingerprint density at radius 2 is 1.95 bits per heavy atom. The molecule has 1 unspecified atom stereocenters. The van der Waals surface area contributed by atoms with E-state index in [1.807, 2.05) is 0 Å². The largest absolute Gasteiger partial charge is 0.377 e. The topological polar surface area (TPSA) is 21.3 Å². The van der Waals surface area contributed by atoms with Gasteiger partial charge < -0.3 is 10.1 Å². The second-order valence-corrected chi connectivity index (χ2v) is 5.88. The Labute approximate surface area is 129 Å². The lowest BCUT2D eigenvalue weighted by Crippen LogP contribution is -2.34. The molecule has 1 atom stereocenters. The second kappa shape index (κ2) is 9.38. The lowest BCUT2D eigenvalue weighted by Gasteiger charge is -2.23.